The third kappa shape index (κ3) is 3.51. The molecular formula is C16H19FN2O2. The molecule has 112 valence electrons. The van der Waals surface area contributed by atoms with E-state index in [1.54, 1.807) is 26.4 Å². The van der Waals surface area contributed by atoms with E-state index in [9.17, 15) is 4.39 Å². The molecule has 5 heteroatoms. The Hall–Kier alpha value is -2.11. The molecule has 0 fully saturated rings. The first kappa shape index (κ1) is 15.3. The van der Waals surface area contributed by atoms with Gasteiger partial charge in [-0.25, -0.2) is 4.39 Å². The van der Waals surface area contributed by atoms with Gasteiger partial charge in [-0.1, -0.05) is 24.3 Å². The first-order valence-electron chi connectivity index (χ1n) is 6.61. The molecular weight excluding hydrogens is 271 g/mol. The number of hydrogen-bond donors (Lipinski definition) is 2. The molecule has 1 atom stereocenters. The van der Waals surface area contributed by atoms with Crippen LogP contribution in [0.1, 0.15) is 17.2 Å². The second-order valence-electron chi connectivity index (χ2n) is 4.63. The summed E-state index contributed by atoms with van der Waals surface area (Å²) in [5.74, 6) is 6.71. The number of rotatable bonds is 6. The highest BCUT2D eigenvalue weighted by atomic mass is 19.1. The van der Waals surface area contributed by atoms with Crippen LogP contribution in [0.2, 0.25) is 0 Å². The number of hydrogen-bond acceptors (Lipinski definition) is 4. The monoisotopic (exact) mass is 290 g/mol. The summed E-state index contributed by atoms with van der Waals surface area (Å²) in [5.41, 5.74) is 4.65. The molecule has 21 heavy (non-hydrogen) atoms. The van der Waals surface area contributed by atoms with Gasteiger partial charge in [-0.15, -0.1) is 0 Å². The van der Waals surface area contributed by atoms with Crippen LogP contribution in [0, 0.1) is 5.82 Å². The van der Waals surface area contributed by atoms with Gasteiger partial charge in [-0.05, 0) is 30.2 Å². The maximum atomic E-state index is 13.0. The SMILES string of the molecule is COc1cccc(C(Cc2ccc(F)cc2)NN)c1OC. The molecule has 0 spiro atoms. The number of hydrazine groups is 1. The van der Waals surface area contributed by atoms with Crippen LogP contribution in [0.15, 0.2) is 42.5 Å². The van der Waals surface area contributed by atoms with Crippen molar-refractivity contribution in [1.29, 1.82) is 0 Å². The number of ether oxygens (including phenoxy) is 2. The van der Waals surface area contributed by atoms with Crippen molar-refractivity contribution in [3.63, 3.8) is 0 Å². The number of para-hydroxylation sites is 1. The van der Waals surface area contributed by atoms with E-state index in [1.165, 1.54) is 12.1 Å². The Morgan fingerprint density at radius 3 is 2.38 bits per heavy atom. The van der Waals surface area contributed by atoms with E-state index in [-0.39, 0.29) is 11.9 Å². The second-order valence-corrected chi connectivity index (χ2v) is 4.63. The van der Waals surface area contributed by atoms with Crippen molar-refractivity contribution >= 4 is 0 Å². The van der Waals surface area contributed by atoms with Gasteiger partial charge in [0, 0.05) is 5.56 Å². The van der Waals surface area contributed by atoms with Gasteiger partial charge < -0.3 is 9.47 Å². The fourth-order valence-electron chi connectivity index (χ4n) is 2.30. The maximum absolute atomic E-state index is 13.0. The molecule has 0 bridgehead atoms. The summed E-state index contributed by atoms with van der Waals surface area (Å²) >= 11 is 0. The molecule has 0 saturated carbocycles. The van der Waals surface area contributed by atoms with Crippen molar-refractivity contribution in [3.05, 3.63) is 59.4 Å². The third-order valence-electron chi connectivity index (χ3n) is 3.36. The van der Waals surface area contributed by atoms with Crippen LogP contribution in [-0.2, 0) is 6.42 Å². The van der Waals surface area contributed by atoms with E-state index in [0.717, 1.165) is 11.1 Å². The summed E-state index contributed by atoms with van der Waals surface area (Å²) < 4.78 is 23.7. The molecule has 0 radical (unpaired) electrons. The van der Waals surface area contributed by atoms with Gasteiger partial charge in [0.25, 0.3) is 0 Å². The van der Waals surface area contributed by atoms with Crippen LogP contribution in [0.5, 0.6) is 11.5 Å². The first-order valence-corrected chi connectivity index (χ1v) is 6.61. The zero-order valence-corrected chi connectivity index (χ0v) is 12.1. The van der Waals surface area contributed by atoms with Crippen LogP contribution in [0.3, 0.4) is 0 Å². The minimum atomic E-state index is -0.255. The third-order valence-corrected chi connectivity index (χ3v) is 3.36. The number of methoxy groups -OCH3 is 2. The van der Waals surface area contributed by atoms with E-state index < -0.39 is 0 Å². The largest absolute Gasteiger partial charge is 0.493 e. The smallest absolute Gasteiger partial charge is 0.165 e. The Morgan fingerprint density at radius 1 is 1.10 bits per heavy atom. The molecule has 0 aliphatic heterocycles. The Kier molecular flexibility index (Phi) is 5.14. The fraction of sp³-hybridized carbons (Fsp3) is 0.250. The summed E-state index contributed by atoms with van der Waals surface area (Å²) in [5, 5.41) is 0. The molecule has 3 N–H and O–H groups in total. The van der Waals surface area contributed by atoms with Crippen molar-refractivity contribution in [2.24, 2.45) is 5.84 Å². The van der Waals surface area contributed by atoms with Crippen LogP contribution >= 0.6 is 0 Å². The molecule has 0 amide bonds. The Labute approximate surface area is 123 Å². The van der Waals surface area contributed by atoms with Crippen LogP contribution in [0.4, 0.5) is 4.39 Å². The van der Waals surface area contributed by atoms with Gasteiger partial charge in [0.2, 0.25) is 0 Å². The number of nitrogens with two attached hydrogens (primary N) is 1. The van der Waals surface area contributed by atoms with E-state index in [0.29, 0.717) is 17.9 Å². The molecule has 4 nitrogen and oxygen atoms in total. The van der Waals surface area contributed by atoms with Crippen LogP contribution < -0.4 is 20.7 Å². The fourth-order valence-corrected chi connectivity index (χ4v) is 2.30. The normalized spacial score (nSPS) is 12.0. The average molecular weight is 290 g/mol. The number of nitrogens with one attached hydrogen (secondary N) is 1. The highest BCUT2D eigenvalue weighted by Gasteiger charge is 2.18. The molecule has 0 aliphatic rings. The van der Waals surface area contributed by atoms with Crippen LogP contribution in [0.25, 0.3) is 0 Å². The minimum Gasteiger partial charge on any atom is -0.493 e. The number of benzene rings is 2. The van der Waals surface area contributed by atoms with Crippen molar-refractivity contribution in [1.82, 2.24) is 5.43 Å². The average Bonchev–Trinajstić information content (AvgIpc) is 2.53. The van der Waals surface area contributed by atoms with Crippen molar-refractivity contribution in [2.75, 3.05) is 14.2 Å². The summed E-state index contributed by atoms with van der Waals surface area (Å²) in [6, 6.07) is 11.8. The Balaban J connectivity index is 2.31. The zero-order valence-electron chi connectivity index (χ0n) is 12.1. The Bertz CT molecular complexity index is 587. The lowest BCUT2D eigenvalue weighted by molar-refractivity contribution is 0.346. The van der Waals surface area contributed by atoms with Crippen molar-refractivity contribution in [3.8, 4) is 11.5 Å². The lowest BCUT2D eigenvalue weighted by Crippen LogP contribution is -2.30. The summed E-state index contributed by atoms with van der Waals surface area (Å²) in [6.45, 7) is 0. The Morgan fingerprint density at radius 2 is 1.81 bits per heavy atom. The summed E-state index contributed by atoms with van der Waals surface area (Å²) in [4.78, 5) is 0. The van der Waals surface area contributed by atoms with Gasteiger partial charge in [-0.3, -0.25) is 11.3 Å². The molecule has 2 aromatic carbocycles. The molecule has 0 saturated heterocycles. The zero-order chi connectivity index (χ0) is 15.2. The van der Waals surface area contributed by atoms with Crippen molar-refractivity contribution in [2.45, 2.75) is 12.5 Å². The molecule has 0 aliphatic carbocycles. The maximum Gasteiger partial charge on any atom is 0.165 e. The van der Waals surface area contributed by atoms with Crippen molar-refractivity contribution < 1.29 is 13.9 Å². The summed E-state index contributed by atoms with van der Waals surface area (Å²) in [7, 11) is 3.18. The van der Waals surface area contributed by atoms with E-state index in [2.05, 4.69) is 5.43 Å². The molecule has 0 aromatic heterocycles. The van der Waals surface area contributed by atoms with E-state index in [4.69, 9.17) is 15.3 Å². The predicted octanol–water partition coefficient (Wildman–Crippen LogP) is 2.59. The lowest BCUT2D eigenvalue weighted by Gasteiger charge is -2.20. The predicted molar refractivity (Wildman–Crippen MR) is 79.7 cm³/mol. The van der Waals surface area contributed by atoms with Gasteiger partial charge in [0.15, 0.2) is 11.5 Å². The van der Waals surface area contributed by atoms with Gasteiger partial charge >= 0.3 is 0 Å². The standard InChI is InChI=1S/C16H19FN2O2/c1-20-15-5-3-4-13(16(15)21-2)14(19-18)10-11-6-8-12(17)9-7-11/h3-9,14,19H,10,18H2,1-2H3. The minimum absolute atomic E-state index is 0.166. The topological polar surface area (TPSA) is 56.5 Å². The van der Waals surface area contributed by atoms with Crippen LogP contribution in [-0.4, -0.2) is 14.2 Å². The highest BCUT2D eigenvalue weighted by molar-refractivity contribution is 5.48. The first-order chi connectivity index (χ1) is 10.2. The molecule has 2 rings (SSSR count). The van der Waals surface area contributed by atoms with E-state index >= 15 is 0 Å². The highest BCUT2D eigenvalue weighted by Crippen LogP contribution is 2.35. The molecule has 1 unspecified atom stereocenters. The lowest BCUT2D eigenvalue weighted by atomic mass is 9.98. The van der Waals surface area contributed by atoms with Gasteiger partial charge in [0.05, 0.1) is 20.3 Å². The molecule has 2 aromatic rings. The van der Waals surface area contributed by atoms with Gasteiger partial charge in [-0.2, -0.15) is 0 Å². The second kappa shape index (κ2) is 7.06. The van der Waals surface area contributed by atoms with Gasteiger partial charge in [0.1, 0.15) is 5.82 Å². The van der Waals surface area contributed by atoms with E-state index in [1.807, 2.05) is 18.2 Å². The number of halogens is 1. The summed E-state index contributed by atoms with van der Waals surface area (Å²) in [6.07, 6.45) is 0.611. The quantitative estimate of drug-likeness (QED) is 0.634. The molecule has 0 heterocycles.